The minimum Gasteiger partial charge on any atom is -0.366 e. The van der Waals surface area contributed by atoms with E-state index in [0.717, 1.165) is 12.3 Å². The molecule has 1 amide bonds. The van der Waals surface area contributed by atoms with Gasteiger partial charge >= 0.3 is 6.18 Å². The third-order valence-electron chi connectivity index (χ3n) is 4.88. The Morgan fingerprint density at radius 2 is 2.00 bits per heavy atom. The first-order valence-electron chi connectivity index (χ1n) is 9.86. The van der Waals surface area contributed by atoms with E-state index < -0.39 is 45.2 Å². The Morgan fingerprint density at radius 1 is 1.30 bits per heavy atom. The van der Waals surface area contributed by atoms with Crippen LogP contribution in [0.5, 0.6) is 0 Å². The van der Waals surface area contributed by atoms with Crippen LogP contribution in [0.1, 0.15) is 29.8 Å². The molecule has 0 saturated carbocycles. The van der Waals surface area contributed by atoms with Crippen molar-refractivity contribution < 1.29 is 31.1 Å². The number of anilines is 2. The number of aryl methyl sites for hydroxylation is 1. The number of carbonyl (C=O) groups is 1. The van der Waals surface area contributed by atoms with E-state index in [1.165, 1.54) is 23.2 Å². The second-order valence-electron chi connectivity index (χ2n) is 8.65. The molecule has 1 aliphatic heterocycles. The largest absolute Gasteiger partial charge is 0.416 e. The molecular weight excluding hydrogens is 463 g/mol. The second-order valence-corrected chi connectivity index (χ2v) is 10.2. The molecule has 3 heterocycles. The quantitative estimate of drug-likeness (QED) is 0.678. The van der Waals surface area contributed by atoms with Crippen molar-refractivity contribution >= 4 is 27.4 Å². The number of hydrogen-bond acceptors (Lipinski definition) is 7. The van der Waals surface area contributed by atoms with Gasteiger partial charge in [0.1, 0.15) is 5.82 Å². The molecule has 1 aliphatic rings. The number of amides is 1. The van der Waals surface area contributed by atoms with Crippen LogP contribution in [0, 0.1) is 12.3 Å². The Kier molecular flexibility index (Phi) is 6.69. The highest BCUT2D eigenvalue weighted by molar-refractivity contribution is 7.89. The molecule has 2 aromatic heterocycles. The number of pyridine rings is 2. The van der Waals surface area contributed by atoms with E-state index in [4.69, 9.17) is 9.88 Å². The SMILES string of the molecule is Cc1cnc(N2C[C@H](C(F)(F)F)OCC(C)(C)C2)c(C(=O)Nc2ccnc(S(N)(=O)=O)c2)c1. The Labute approximate surface area is 189 Å². The molecule has 33 heavy (non-hydrogen) atoms. The van der Waals surface area contributed by atoms with Gasteiger partial charge in [0.2, 0.25) is 0 Å². The number of sulfonamides is 1. The van der Waals surface area contributed by atoms with Crippen LogP contribution in [0.2, 0.25) is 0 Å². The highest BCUT2D eigenvalue weighted by Gasteiger charge is 2.45. The average Bonchev–Trinajstić information content (AvgIpc) is 2.85. The number of hydrogen-bond donors (Lipinski definition) is 2. The van der Waals surface area contributed by atoms with Crippen molar-refractivity contribution in [2.24, 2.45) is 10.6 Å². The molecule has 0 bridgehead atoms. The van der Waals surface area contributed by atoms with Crippen molar-refractivity contribution in [1.29, 1.82) is 0 Å². The van der Waals surface area contributed by atoms with E-state index in [1.807, 2.05) is 0 Å². The van der Waals surface area contributed by atoms with Crippen LogP contribution in [0.4, 0.5) is 24.7 Å². The summed E-state index contributed by atoms with van der Waals surface area (Å²) in [5, 5.41) is 7.17. The van der Waals surface area contributed by atoms with Gasteiger partial charge in [-0.25, -0.2) is 23.5 Å². The van der Waals surface area contributed by atoms with Crippen molar-refractivity contribution in [1.82, 2.24) is 9.97 Å². The van der Waals surface area contributed by atoms with E-state index >= 15 is 0 Å². The first-order chi connectivity index (χ1) is 15.2. The summed E-state index contributed by atoms with van der Waals surface area (Å²) in [4.78, 5) is 22.4. The monoisotopic (exact) mass is 487 g/mol. The predicted molar refractivity (Wildman–Crippen MR) is 114 cm³/mol. The third-order valence-corrected chi connectivity index (χ3v) is 5.68. The highest BCUT2D eigenvalue weighted by Crippen LogP contribution is 2.33. The number of halogens is 3. The van der Waals surface area contributed by atoms with Gasteiger partial charge in [-0.15, -0.1) is 0 Å². The van der Waals surface area contributed by atoms with E-state index in [1.54, 1.807) is 20.8 Å². The fraction of sp³-hybridized carbons (Fsp3) is 0.450. The zero-order valence-electron chi connectivity index (χ0n) is 18.2. The topological polar surface area (TPSA) is 128 Å². The molecule has 0 radical (unpaired) electrons. The van der Waals surface area contributed by atoms with Gasteiger partial charge in [0, 0.05) is 36.1 Å². The van der Waals surface area contributed by atoms with Gasteiger partial charge in [0.25, 0.3) is 15.9 Å². The maximum absolute atomic E-state index is 13.5. The lowest BCUT2D eigenvalue weighted by Gasteiger charge is -2.31. The van der Waals surface area contributed by atoms with Gasteiger partial charge in [-0.05, 0) is 24.6 Å². The van der Waals surface area contributed by atoms with Crippen LogP contribution in [-0.4, -0.2) is 56.3 Å². The summed E-state index contributed by atoms with van der Waals surface area (Å²) in [7, 11) is -4.10. The fourth-order valence-electron chi connectivity index (χ4n) is 3.39. The summed E-state index contributed by atoms with van der Waals surface area (Å²) >= 11 is 0. The molecule has 0 aromatic carbocycles. The molecule has 3 rings (SSSR count). The zero-order chi connectivity index (χ0) is 24.6. The standard InChI is InChI=1S/C20H24F3N5O4S/c1-12-6-14(18(29)27-13-4-5-25-16(7-13)33(24,30)31)17(26-8-12)28-9-15(20(21,22)23)32-11-19(2,3)10-28/h4-8,15H,9-11H2,1-3H3,(H2,24,30,31)(H,25,27,29)/t15-/m1/s1. The number of rotatable bonds is 4. The maximum atomic E-state index is 13.5. The molecule has 0 unspecified atom stereocenters. The lowest BCUT2D eigenvalue weighted by atomic mass is 9.94. The third kappa shape index (κ3) is 6.18. The Bertz CT molecular complexity index is 1150. The van der Waals surface area contributed by atoms with E-state index in [0.29, 0.717) is 5.56 Å². The Morgan fingerprint density at radius 3 is 2.64 bits per heavy atom. The lowest BCUT2D eigenvalue weighted by Crippen LogP contribution is -2.42. The summed E-state index contributed by atoms with van der Waals surface area (Å²) in [6.45, 7) is 4.73. The second kappa shape index (κ2) is 8.88. The van der Waals surface area contributed by atoms with E-state index in [2.05, 4.69) is 15.3 Å². The molecule has 1 fully saturated rings. The Balaban J connectivity index is 1.98. The summed E-state index contributed by atoms with van der Waals surface area (Å²) in [6, 6.07) is 3.94. The summed E-state index contributed by atoms with van der Waals surface area (Å²) in [5.74, 6) is -0.619. The van der Waals surface area contributed by atoms with Gasteiger partial charge in [-0.3, -0.25) is 4.79 Å². The number of nitrogens with one attached hydrogen (secondary N) is 1. The first-order valence-corrected chi connectivity index (χ1v) is 11.4. The fourth-order valence-corrected chi connectivity index (χ4v) is 3.89. The molecular formula is C20H24F3N5O4S. The van der Waals surface area contributed by atoms with Gasteiger partial charge in [-0.2, -0.15) is 13.2 Å². The van der Waals surface area contributed by atoms with Crippen molar-refractivity contribution in [3.05, 3.63) is 41.7 Å². The van der Waals surface area contributed by atoms with Crippen molar-refractivity contribution in [3.8, 4) is 0 Å². The Hall–Kier alpha value is -2.77. The van der Waals surface area contributed by atoms with E-state index in [-0.39, 0.29) is 30.2 Å². The van der Waals surface area contributed by atoms with Gasteiger partial charge < -0.3 is 15.0 Å². The molecule has 0 spiro atoms. The minimum absolute atomic E-state index is 0.0302. The lowest BCUT2D eigenvalue weighted by molar-refractivity contribution is -0.218. The van der Waals surface area contributed by atoms with Crippen LogP contribution in [0.25, 0.3) is 0 Å². The van der Waals surface area contributed by atoms with Crippen molar-refractivity contribution in [3.63, 3.8) is 0 Å². The van der Waals surface area contributed by atoms with Crippen LogP contribution in [0.15, 0.2) is 35.6 Å². The molecule has 1 atom stereocenters. The molecule has 13 heteroatoms. The van der Waals surface area contributed by atoms with Crippen LogP contribution >= 0.6 is 0 Å². The molecule has 180 valence electrons. The molecule has 1 saturated heterocycles. The van der Waals surface area contributed by atoms with E-state index in [9.17, 15) is 26.4 Å². The maximum Gasteiger partial charge on any atom is 0.416 e. The van der Waals surface area contributed by atoms with Crippen LogP contribution in [-0.2, 0) is 14.8 Å². The van der Waals surface area contributed by atoms with Crippen LogP contribution in [0.3, 0.4) is 0 Å². The number of alkyl halides is 3. The number of nitrogens with two attached hydrogens (primary N) is 1. The number of ether oxygens (including phenoxy) is 1. The minimum atomic E-state index is -4.59. The zero-order valence-corrected chi connectivity index (χ0v) is 19.0. The van der Waals surface area contributed by atoms with Crippen LogP contribution < -0.4 is 15.4 Å². The van der Waals surface area contributed by atoms with Gasteiger partial charge in [-0.1, -0.05) is 13.8 Å². The van der Waals surface area contributed by atoms with Gasteiger partial charge in [0.05, 0.1) is 18.7 Å². The molecule has 3 N–H and O–H groups in total. The number of nitrogens with zero attached hydrogens (tertiary/aromatic N) is 3. The summed E-state index contributed by atoms with van der Waals surface area (Å²) in [6.07, 6.45) is -4.02. The molecule has 2 aromatic rings. The number of primary sulfonamides is 1. The molecule has 0 aliphatic carbocycles. The summed E-state index contributed by atoms with van der Waals surface area (Å²) < 4.78 is 68.7. The highest BCUT2D eigenvalue weighted by atomic mass is 32.2. The first kappa shape index (κ1) is 24.9. The predicted octanol–water partition coefficient (Wildman–Crippen LogP) is 2.48. The average molecular weight is 488 g/mol. The molecule has 9 nitrogen and oxygen atoms in total. The van der Waals surface area contributed by atoms with Crippen molar-refractivity contribution in [2.75, 3.05) is 29.9 Å². The van der Waals surface area contributed by atoms with Crippen molar-refractivity contribution in [2.45, 2.75) is 38.1 Å². The number of carbonyl (C=O) groups excluding carboxylic acids is 1. The van der Waals surface area contributed by atoms with Gasteiger partial charge in [0.15, 0.2) is 11.1 Å². The normalized spacial score (nSPS) is 19.1. The summed E-state index contributed by atoms with van der Waals surface area (Å²) in [5.41, 5.74) is 0.0961. The smallest absolute Gasteiger partial charge is 0.366 e. The number of aromatic nitrogens is 2.